The molecule has 0 aliphatic rings. The van der Waals surface area contributed by atoms with Crippen LogP contribution in [0.2, 0.25) is 0 Å². The summed E-state index contributed by atoms with van der Waals surface area (Å²) >= 11 is 0. The Morgan fingerprint density at radius 2 is 2.05 bits per heavy atom. The molecule has 0 saturated carbocycles. The highest BCUT2D eigenvalue weighted by Crippen LogP contribution is 2.22. The smallest absolute Gasteiger partial charge is 0.0458 e. The summed E-state index contributed by atoms with van der Waals surface area (Å²) in [6.07, 6.45) is 1.09. The van der Waals surface area contributed by atoms with E-state index < -0.39 is 0 Å². The molecule has 1 aromatic heterocycles. The molecule has 2 aromatic rings. The first kappa shape index (κ1) is 14.1. The monoisotopic (exact) mass is 259 g/mol. The normalized spacial score (nSPS) is 13.3. The van der Waals surface area contributed by atoms with Gasteiger partial charge < -0.3 is 15.6 Å². The summed E-state index contributed by atoms with van der Waals surface area (Å²) in [6.45, 7) is 7.27. The van der Waals surface area contributed by atoms with Crippen LogP contribution < -0.4 is 5.73 Å². The molecule has 0 bridgehead atoms. The van der Waals surface area contributed by atoms with Gasteiger partial charge in [0.2, 0.25) is 0 Å². The van der Waals surface area contributed by atoms with Gasteiger partial charge in [-0.2, -0.15) is 0 Å². The number of aromatic nitrogens is 1. The summed E-state index contributed by atoms with van der Waals surface area (Å²) in [7, 11) is 2.18. The van der Waals surface area contributed by atoms with E-state index in [0.717, 1.165) is 26.1 Å². The van der Waals surface area contributed by atoms with Crippen molar-refractivity contribution in [2.45, 2.75) is 20.3 Å². The average molecular weight is 259 g/mol. The lowest BCUT2D eigenvalue weighted by Crippen LogP contribution is -2.30. The van der Waals surface area contributed by atoms with Gasteiger partial charge in [0, 0.05) is 29.7 Å². The lowest BCUT2D eigenvalue weighted by Gasteiger charge is -2.20. The number of nitrogens with two attached hydrogens (primary N) is 1. The van der Waals surface area contributed by atoms with Crippen LogP contribution in [0.4, 0.5) is 0 Å². The van der Waals surface area contributed by atoms with E-state index in [2.05, 4.69) is 55.0 Å². The molecule has 0 amide bonds. The molecule has 1 unspecified atom stereocenters. The van der Waals surface area contributed by atoms with Crippen LogP contribution >= 0.6 is 0 Å². The third-order valence-electron chi connectivity index (χ3n) is 3.80. The van der Waals surface area contributed by atoms with Crippen LogP contribution in [0.3, 0.4) is 0 Å². The van der Waals surface area contributed by atoms with E-state index >= 15 is 0 Å². The Labute approximate surface area is 115 Å². The lowest BCUT2D eigenvalue weighted by molar-refractivity contribution is 0.292. The van der Waals surface area contributed by atoms with E-state index in [1.807, 2.05) is 0 Å². The van der Waals surface area contributed by atoms with Gasteiger partial charge in [0.05, 0.1) is 0 Å². The Balaban J connectivity index is 2.03. The fourth-order valence-electron chi connectivity index (χ4n) is 2.66. The zero-order valence-electron chi connectivity index (χ0n) is 12.2. The number of nitrogens with one attached hydrogen (secondary N) is 1. The second-order valence-corrected chi connectivity index (χ2v) is 5.63. The first-order valence-electron chi connectivity index (χ1n) is 7.06. The minimum absolute atomic E-state index is 0.564. The van der Waals surface area contributed by atoms with Gasteiger partial charge in [-0.15, -0.1) is 0 Å². The van der Waals surface area contributed by atoms with Crippen molar-refractivity contribution in [2.75, 3.05) is 26.7 Å². The van der Waals surface area contributed by atoms with Crippen molar-refractivity contribution in [2.24, 2.45) is 11.7 Å². The maximum absolute atomic E-state index is 5.68. The van der Waals surface area contributed by atoms with Crippen molar-refractivity contribution in [3.63, 3.8) is 0 Å². The molecule has 0 fully saturated rings. The summed E-state index contributed by atoms with van der Waals surface area (Å²) in [5.74, 6) is 0.564. The first-order chi connectivity index (χ1) is 9.11. The second-order valence-electron chi connectivity index (χ2n) is 5.63. The summed E-state index contributed by atoms with van der Waals surface area (Å²) < 4.78 is 0. The van der Waals surface area contributed by atoms with Crippen molar-refractivity contribution in [3.8, 4) is 0 Å². The van der Waals surface area contributed by atoms with Crippen molar-refractivity contribution in [1.82, 2.24) is 9.88 Å². The third kappa shape index (κ3) is 3.37. The van der Waals surface area contributed by atoms with Crippen molar-refractivity contribution in [3.05, 3.63) is 35.5 Å². The molecule has 3 nitrogen and oxygen atoms in total. The Hall–Kier alpha value is -1.32. The molecule has 0 radical (unpaired) electrons. The predicted octanol–water partition coefficient (Wildman–Crippen LogP) is 2.55. The van der Waals surface area contributed by atoms with Crippen molar-refractivity contribution >= 4 is 10.9 Å². The molecule has 0 aliphatic carbocycles. The molecule has 1 atom stereocenters. The van der Waals surface area contributed by atoms with Gasteiger partial charge in [-0.1, -0.05) is 25.1 Å². The molecule has 1 heterocycles. The van der Waals surface area contributed by atoms with E-state index in [9.17, 15) is 0 Å². The molecule has 104 valence electrons. The van der Waals surface area contributed by atoms with Gasteiger partial charge in [0.15, 0.2) is 0 Å². The van der Waals surface area contributed by atoms with Gasteiger partial charge >= 0.3 is 0 Å². The van der Waals surface area contributed by atoms with Crippen LogP contribution in [-0.2, 0) is 6.42 Å². The van der Waals surface area contributed by atoms with Gasteiger partial charge in [-0.05, 0) is 44.5 Å². The number of H-pyrrole nitrogens is 1. The zero-order valence-corrected chi connectivity index (χ0v) is 12.2. The van der Waals surface area contributed by atoms with E-state index in [0.29, 0.717) is 5.92 Å². The number of fused-ring (bicyclic) bond motifs is 1. The Bertz CT molecular complexity index is 530. The van der Waals surface area contributed by atoms with E-state index in [1.165, 1.54) is 22.2 Å². The number of hydrogen-bond donors (Lipinski definition) is 2. The zero-order chi connectivity index (χ0) is 13.8. The molecule has 1 aromatic carbocycles. The Kier molecular flexibility index (Phi) is 4.61. The highest BCUT2D eigenvalue weighted by molar-refractivity contribution is 5.84. The molecule has 19 heavy (non-hydrogen) atoms. The van der Waals surface area contributed by atoms with Crippen LogP contribution in [0.1, 0.15) is 18.2 Å². The van der Waals surface area contributed by atoms with Crippen LogP contribution in [0.5, 0.6) is 0 Å². The number of para-hydroxylation sites is 1. The summed E-state index contributed by atoms with van der Waals surface area (Å²) in [5, 5.41) is 1.36. The molecular formula is C16H25N3. The fraction of sp³-hybridized carbons (Fsp3) is 0.500. The quantitative estimate of drug-likeness (QED) is 0.837. The summed E-state index contributed by atoms with van der Waals surface area (Å²) in [4.78, 5) is 5.84. The number of aryl methyl sites for hydroxylation is 1. The summed E-state index contributed by atoms with van der Waals surface area (Å²) in [6, 6.07) is 8.54. The largest absolute Gasteiger partial charge is 0.358 e. The van der Waals surface area contributed by atoms with Gasteiger partial charge in [0.1, 0.15) is 0 Å². The average Bonchev–Trinajstić information content (AvgIpc) is 2.71. The van der Waals surface area contributed by atoms with Crippen LogP contribution in [0.15, 0.2) is 24.3 Å². The minimum atomic E-state index is 0.564. The maximum Gasteiger partial charge on any atom is 0.0458 e. The van der Waals surface area contributed by atoms with Crippen LogP contribution in [0.25, 0.3) is 10.9 Å². The van der Waals surface area contributed by atoms with Gasteiger partial charge in [0.25, 0.3) is 0 Å². The standard InChI is InChI=1S/C16H25N3/c1-12(10-17)11-19(3)9-8-14-13(2)18-16-7-5-4-6-15(14)16/h4-7,12,18H,8-11,17H2,1-3H3. The Morgan fingerprint density at radius 1 is 1.32 bits per heavy atom. The molecule has 0 spiro atoms. The minimum Gasteiger partial charge on any atom is -0.358 e. The third-order valence-corrected chi connectivity index (χ3v) is 3.80. The molecule has 2 rings (SSSR count). The topological polar surface area (TPSA) is 45.0 Å². The highest BCUT2D eigenvalue weighted by Gasteiger charge is 2.10. The predicted molar refractivity (Wildman–Crippen MR) is 82.5 cm³/mol. The number of rotatable bonds is 6. The number of nitrogens with zero attached hydrogens (tertiary/aromatic N) is 1. The highest BCUT2D eigenvalue weighted by atomic mass is 15.1. The Morgan fingerprint density at radius 3 is 2.79 bits per heavy atom. The van der Waals surface area contributed by atoms with E-state index in [-0.39, 0.29) is 0 Å². The maximum atomic E-state index is 5.68. The fourth-order valence-corrected chi connectivity index (χ4v) is 2.66. The van der Waals surface area contributed by atoms with Crippen molar-refractivity contribution < 1.29 is 0 Å². The SMILES string of the molecule is Cc1[nH]c2ccccc2c1CCN(C)CC(C)CN. The molecule has 3 heteroatoms. The van der Waals surface area contributed by atoms with Crippen LogP contribution in [-0.4, -0.2) is 36.6 Å². The molecule has 3 N–H and O–H groups in total. The van der Waals surface area contributed by atoms with E-state index in [1.54, 1.807) is 0 Å². The number of hydrogen-bond acceptors (Lipinski definition) is 2. The summed E-state index contributed by atoms with van der Waals surface area (Å²) in [5.41, 5.74) is 9.66. The van der Waals surface area contributed by atoms with Gasteiger partial charge in [-0.25, -0.2) is 0 Å². The van der Waals surface area contributed by atoms with Crippen molar-refractivity contribution in [1.29, 1.82) is 0 Å². The number of benzene rings is 1. The number of likely N-dealkylation sites (N-methyl/N-ethyl adjacent to an activating group) is 1. The molecule has 0 aliphatic heterocycles. The van der Waals surface area contributed by atoms with Crippen LogP contribution in [0, 0.1) is 12.8 Å². The lowest BCUT2D eigenvalue weighted by atomic mass is 10.1. The first-order valence-corrected chi connectivity index (χ1v) is 7.06. The molecular weight excluding hydrogens is 234 g/mol. The van der Waals surface area contributed by atoms with Gasteiger partial charge in [-0.3, -0.25) is 0 Å². The van der Waals surface area contributed by atoms with E-state index in [4.69, 9.17) is 5.73 Å². The second kappa shape index (κ2) is 6.22. The number of aromatic amines is 1. The molecule has 0 saturated heterocycles.